The maximum atomic E-state index is 12.4. The molecule has 0 spiro atoms. The van der Waals surface area contributed by atoms with Gasteiger partial charge in [0.05, 0.1) is 6.54 Å². The summed E-state index contributed by atoms with van der Waals surface area (Å²) in [7, 11) is 0. The van der Waals surface area contributed by atoms with E-state index in [1.165, 1.54) is 0 Å². The summed E-state index contributed by atoms with van der Waals surface area (Å²) in [5.41, 5.74) is 0.605. The van der Waals surface area contributed by atoms with Crippen LogP contribution in [0.25, 0.3) is 0 Å². The lowest BCUT2D eigenvalue weighted by molar-refractivity contribution is 0.0927. The lowest BCUT2D eigenvalue weighted by atomic mass is 9.97. The fourth-order valence-electron chi connectivity index (χ4n) is 3.63. The number of furan rings is 1. The summed E-state index contributed by atoms with van der Waals surface area (Å²) in [4.78, 5) is 14.8. The molecule has 2 aliphatic rings. The number of benzene rings is 1. The van der Waals surface area contributed by atoms with Gasteiger partial charge in [0, 0.05) is 18.7 Å². The van der Waals surface area contributed by atoms with Crippen molar-refractivity contribution in [2.45, 2.75) is 26.3 Å². The molecule has 0 radical (unpaired) electrons. The third-order valence-corrected chi connectivity index (χ3v) is 4.96. The van der Waals surface area contributed by atoms with Crippen LogP contribution in [0.4, 0.5) is 0 Å². The molecule has 6 heteroatoms. The topological polar surface area (TPSA) is 63.9 Å². The second-order valence-corrected chi connectivity index (χ2v) is 7.03. The second-order valence-electron chi connectivity index (χ2n) is 7.03. The number of carbonyl (C=O) groups is 1. The molecule has 1 fully saturated rings. The van der Waals surface area contributed by atoms with Crippen molar-refractivity contribution < 1.29 is 18.7 Å². The van der Waals surface area contributed by atoms with Crippen molar-refractivity contribution in [1.29, 1.82) is 0 Å². The highest BCUT2D eigenvalue weighted by Gasteiger charge is 2.22. The SMILES string of the molecule is Cc1ccc(CN2CCCC(CNC(=O)c3ccc4c(c3)OCO4)C2)o1. The number of fused-ring (bicyclic) bond motifs is 1. The van der Waals surface area contributed by atoms with Crippen molar-refractivity contribution in [1.82, 2.24) is 10.2 Å². The fraction of sp³-hybridized carbons (Fsp3) is 0.450. The van der Waals surface area contributed by atoms with E-state index in [9.17, 15) is 4.79 Å². The van der Waals surface area contributed by atoms with Crippen LogP contribution < -0.4 is 14.8 Å². The summed E-state index contributed by atoms with van der Waals surface area (Å²) >= 11 is 0. The minimum Gasteiger partial charge on any atom is -0.465 e. The van der Waals surface area contributed by atoms with Gasteiger partial charge in [-0.15, -0.1) is 0 Å². The van der Waals surface area contributed by atoms with Crippen molar-refractivity contribution in [2.24, 2.45) is 5.92 Å². The van der Waals surface area contributed by atoms with Gasteiger partial charge < -0.3 is 19.2 Å². The third-order valence-electron chi connectivity index (χ3n) is 4.96. The van der Waals surface area contributed by atoms with E-state index < -0.39 is 0 Å². The summed E-state index contributed by atoms with van der Waals surface area (Å²) in [6, 6.07) is 9.34. The van der Waals surface area contributed by atoms with Crippen molar-refractivity contribution in [3.8, 4) is 11.5 Å². The Hall–Kier alpha value is -2.47. The molecule has 4 rings (SSSR count). The van der Waals surface area contributed by atoms with Gasteiger partial charge in [-0.1, -0.05) is 0 Å². The van der Waals surface area contributed by atoms with E-state index in [1.54, 1.807) is 18.2 Å². The molecule has 0 aliphatic carbocycles. The number of ether oxygens (including phenoxy) is 2. The van der Waals surface area contributed by atoms with Crippen LogP contribution in [0.2, 0.25) is 0 Å². The minimum absolute atomic E-state index is 0.0675. The Morgan fingerprint density at radius 3 is 2.96 bits per heavy atom. The first-order valence-electron chi connectivity index (χ1n) is 9.13. The molecule has 2 aromatic rings. The lowest BCUT2D eigenvalue weighted by Crippen LogP contribution is -2.40. The van der Waals surface area contributed by atoms with Crippen LogP contribution in [0.5, 0.6) is 11.5 Å². The number of rotatable bonds is 5. The third kappa shape index (κ3) is 3.85. The van der Waals surface area contributed by atoms with E-state index in [0.29, 0.717) is 29.5 Å². The van der Waals surface area contributed by atoms with Crippen LogP contribution in [0.3, 0.4) is 0 Å². The predicted molar refractivity (Wildman–Crippen MR) is 96.3 cm³/mol. The molecule has 1 amide bonds. The first-order chi connectivity index (χ1) is 12.7. The quantitative estimate of drug-likeness (QED) is 0.892. The summed E-state index contributed by atoms with van der Waals surface area (Å²) in [5.74, 6) is 3.67. The number of hydrogen-bond acceptors (Lipinski definition) is 5. The molecule has 6 nitrogen and oxygen atoms in total. The molecule has 3 heterocycles. The normalized spacial score (nSPS) is 19.5. The second kappa shape index (κ2) is 7.41. The first-order valence-corrected chi connectivity index (χ1v) is 9.13. The smallest absolute Gasteiger partial charge is 0.251 e. The van der Waals surface area contributed by atoms with Gasteiger partial charge in [-0.3, -0.25) is 9.69 Å². The van der Waals surface area contributed by atoms with Gasteiger partial charge in [0.2, 0.25) is 6.79 Å². The fourth-order valence-corrected chi connectivity index (χ4v) is 3.63. The van der Waals surface area contributed by atoms with Gasteiger partial charge in [-0.2, -0.15) is 0 Å². The maximum absolute atomic E-state index is 12.4. The largest absolute Gasteiger partial charge is 0.465 e. The molecule has 1 atom stereocenters. The molecular formula is C20H24N2O4. The summed E-state index contributed by atoms with van der Waals surface area (Å²) in [5, 5.41) is 3.06. The number of nitrogens with one attached hydrogen (secondary N) is 1. The summed E-state index contributed by atoms with van der Waals surface area (Å²) in [6.45, 7) is 5.75. The highest BCUT2D eigenvalue weighted by molar-refractivity contribution is 5.94. The molecule has 26 heavy (non-hydrogen) atoms. The predicted octanol–water partition coefficient (Wildman–Crippen LogP) is 2.96. The van der Waals surface area contributed by atoms with Gasteiger partial charge in [0.15, 0.2) is 11.5 Å². The van der Waals surface area contributed by atoms with E-state index in [2.05, 4.69) is 10.2 Å². The number of hydrogen-bond donors (Lipinski definition) is 1. The van der Waals surface area contributed by atoms with Crippen LogP contribution in [-0.4, -0.2) is 37.2 Å². The monoisotopic (exact) mass is 356 g/mol. The Bertz CT molecular complexity index is 786. The molecule has 138 valence electrons. The number of carbonyl (C=O) groups excluding carboxylic acids is 1. The summed E-state index contributed by atoms with van der Waals surface area (Å²) < 4.78 is 16.3. The van der Waals surface area contributed by atoms with E-state index in [4.69, 9.17) is 13.9 Å². The van der Waals surface area contributed by atoms with Crippen molar-refractivity contribution in [3.63, 3.8) is 0 Å². The number of amides is 1. The number of likely N-dealkylation sites (tertiary alicyclic amines) is 1. The zero-order valence-electron chi connectivity index (χ0n) is 15.0. The van der Waals surface area contributed by atoms with E-state index in [-0.39, 0.29) is 12.7 Å². The first kappa shape index (κ1) is 17.0. The van der Waals surface area contributed by atoms with Gasteiger partial charge in [0.1, 0.15) is 11.5 Å². The lowest BCUT2D eigenvalue weighted by Gasteiger charge is -2.32. The average Bonchev–Trinajstić information content (AvgIpc) is 3.28. The zero-order valence-corrected chi connectivity index (χ0v) is 15.0. The van der Waals surface area contributed by atoms with Crippen LogP contribution >= 0.6 is 0 Å². The molecule has 1 saturated heterocycles. The van der Waals surface area contributed by atoms with Crippen LogP contribution in [0.15, 0.2) is 34.7 Å². The van der Waals surface area contributed by atoms with Gasteiger partial charge in [-0.25, -0.2) is 0 Å². The molecule has 1 unspecified atom stereocenters. The van der Waals surface area contributed by atoms with E-state index >= 15 is 0 Å². The molecule has 0 bridgehead atoms. The molecule has 0 saturated carbocycles. The average molecular weight is 356 g/mol. The van der Waals surface area contributed by atoms with Crippen LogP contribution in [-0.2, 0) is 6.54 Å². The molecule has 1 N–H and O–H groups in total. The van der Waals surface area contributed by atoms with Crippen molar-refractivity contribution >= 4 is 5.91 Å². The van der Waals surface area contributed by atoms with Gasteiger partial charge >= 0.3 is 0 Å². The van der Waals surface area contributed by atoms with Crippen molar-refractivity contribution in [3.05, 3.63) is 47.4 Å². The Kier molecular flexibility index (Phi) is 4.84. The minimum atomic E-state index is -0.0675. The highest BCUT2D eigenvalue weighted by Crippen LogP contribution is 2.32. The van der Waals surface area contributed by atoms with Crippen LogP contribution in [0.1, 0.15) is 34.7 Å². The number of piperidine rings is 1. The molecule has 2 aliphatic heterocycles. The van der Waals surface area contributed by atoms with Crippen molar-refractivity contribution in [2.75, 3.05) is 26.4 Å². The Morgan fingerprint density at radius 1 is 1.23 bits per heavy atom. The maximum Gasteiger partial charge on any atom is 0.251 e. The highest BCUT2D eigenvalue weighted by atomic mass is 16.7. The summed E-state index contributed by atoms with van der Waals surface area (Å²) in [6.07, 6.45) is 2.28. The molecule has 1 aromatic heterocycles. The zero-order chi connectivity index (χ0) is 17.9. The number of aryl methyl sites for hydroxylation is 1. The molecule has 1 aromatic carbocycles. The number of nitrogens with zero attached hydrogens (tertiary/aromatic N) is 1. The van der Waals surface area contributed by atoms with E-state index in [0.717, 1.165) is 44.0 Å². The van der Waals surface area contributed by atoms with Gasteiger partial charge in [-0.05, 0) is 62.6 Å². The van der Waals surface area contributed by atoms with E-state index in [1.807, 2.05) is 19.1 Å². The Labute approximate surface area is 153 Å². The Balaban J connectivity index is 1.29. The van der Waals surface area contributed by atoms with Crippen LogP contribution in [0, 0.1) is 12.8 Å². The molecular weight excluding hydrogens is 332 g/mol. The standard InChI is InChI=1S/C20H24N2O4/c1-14-4-6-17(26-14)12-22-8-2-3-15(11-22)10-21-20(23)16-5-7-18-19(9-16)25-13-24-18/h4-7,9,15H,2-3,8,10-13H2,1H3,(H,21,23). The van der Waals surface area contributed by atoms with Gasteiger partial charge in [0.25, 0.3) is 5.91 Å². The Morgan fingerprint density at radius 2 is 2.12 bits per heavy atom.